The first-order chi connectivity index (χ1) is 13.6. The summed E-state index contributed by atoms with van der Waals surface area (Å²) in [7, 11) is 3.20. The zero-order chi connectivity index (χ0) is 19.9. The molecular weight excluding hydrogens is 376 g/mol. The standard InChI is InChI=1S/C20H22N4O3S/c1-13-5-4-6-18(22-13)24-20-23-15(12-28-20)19(25)21-10-9-14-7-8-16(26-2)17(11-14)27-3/h4-8,11-12H,9-10H2,1-3H3,(H,21,25)(H,22,23,24). The van der Waals surface area contributed by atoms with Crippen LogP contribution >= 0.6 is 11.3 Å². The van der Waals surface area contributed by atoms with Crippen molar-refractivity contribution in [1.82, 2.24) is 15.3 Å². The number of carbonyl (C=O) groups is 1. The third kappa shape index (κ3) is 4.98. The lowest BCUT2D eigenvalue weighted by Crippen LogP contribution is -2.26. The highest BCUT2D eigenvalue weighted by atomic mass is 32.1. The second kappa shape index (κ2) is 9.18. The molecule has 2 heterocycles. The van der Waals surface area contributed by atoms with E-state index < -0.39 is 0 Å². The number of hydrogen-bond acceptors (Lipinski definition) is 7. The summed E-state index contributed by atoms with van der Waals surface area (Å²) in [4.78, 5) is 21.0. The molecule has 0 radical (unpaired) electrons. The molecule has 0 saturated carbocycles. The molecule has 8 heteroatoms. The van der Waals surface area contributed by atoms with Crippen molar-refractivity contribution >= 4 is 28.2 Å². The number of methoxy groups -OCH3 is 2. The summed E-state index contributed by atoms with van der Waals surface area (Å²) in [5, 5.41) is 8.36. The molecule has 0 unspecified atom stereocenters. The second-order valence-electron chi connectivity index (χ2n) is 6.02. The van der Waals surface area contributed by atoms with E-state index in [2.05, 4.69) is 20.6 Å². The van der Waals surface area contributed by atoms with Gasteiger partial charge in [0.1, 0.15) is 11.5 Å². The SMILES string of the molecule is COc1ccc(CCNC(=O)c2csc(Nc3cccc(C)n3)n2)cc1OC. The van der Waals surface area contributed by atoms with Crippen molar-refractivity contribution in [3.8, 4) is 11.5 Å². The first-order valence-corrected chi connectivity index (χ1v) is 9.62. The van der Waals surface area contributed by atoms with Crippen molar-refractivity contribution in [2.24, 2.45) is 0 Å². The molecule has 28 heavy (non-hydrogen) atoms. The summed E-state index contributed by atoms with van der Waals surface area (Å²) in [5.74, 6) is 1.85. The maximum atomic E-state index is 12.3. The fourth-order valence-corrected chi connectivity index (χ4v) is 3.30. The van der Waals surface area contributed by atoms with Gasteiger partial charge in [-0.25, -0.2) is 9.97 Å². The Morgan fingerprint density at radius 1 is 1.11 bits per heavy atom. The van der Waals surface area contributed by atoms with E-state index >= 15 is 0 Å². The van der Waals surface area contributed by atoms with Crippen LogP contribution in [0.2, 0.25) is 0 Å². The second-order valence-corrected chi connectivity index (χ2v) is 6.88. The van der Waals surface area contributed by atoms with Gasteiger partial charge in [-0.05, 0) is 43.2 Å². The zero-order valence-electron chi connectivity index (χ0n) is 16.0. The van der Waals surface area contributed by atoms with E-state index in [4.69, 9.17) is 9.47 Å². The van der Waals surface area contributed by atoms with Crippen LogP contribution < -0.4 is 20.1 Å². The highest BCUT2D eigenvalue weighted by Crippen LogP contribution is 2.27. The molecule has 7 nitrogen and oxygen atoms in total. The number of pyridine rings is 1. The first kappa shape index (κ1) is 19.6. The predicted octanol–water partition coefficient (Wildman–Crippen LogP) is 3.58. The number of nitrogens with zero attached hydrogens (tertiary/aromatic N) is 2. The van der Waals surface area contributed by atoms with Gasteiger partial charge in [-0.2, -0.15) is 0 Å². The number of aryl methyl sites for hydroxylation is 1. The average molecular weight is 398 g/mol. The zero-order valence-corrected chi connectivity index (χ0v) is 16.8. The molecule has 0 aliphatic rings. The molecule has 1 aromatic carbocycles. The number of rotatable bonds is 8. The van der Waals surface area contributed by atoms with Crippen molar-refractivity contribution in [2.75, 3.05) is 26.1 Å². The van der Waals surface area contributed by atoms with Crippen molar-refractivity contribution < 1.29 is 14.3 Å². The van der Waals surface area contributed by atoms with Crippen LogP contribution in [0, 0.1) is 6.92 Å². The van der Waals surface area contributed by atoms with Gasteiger partial charge in [0.2, 0.25) is 0 Å². The Labute approximate surface area is 167 Å². The van der Waals surface area contributed by atoms with Crippen LogP contribution in [-0.2, 0) is 6.42 Å². The van der Waals surface area contributed by atoms with Gasteiger partial charge in [-0.15, -0.1) is 11.3 Å². The lowest BCUT2D eigenvalue weighted by Gasteiger charge is -2.09. The van der Waals surface area contributed by atoms with E-state index in [9.17, 15) is 4.79 Å². The summed E-state index contributed by atoms with van der Waals surface area (Å²) in [6.07, 6.45) is 0.675. The summed E-state index contributed by atoms with van der Waals surface area (Å²) >= 11 is 1.36. The van der Waals surface area contributed by atoms with Gasteiger partial charge in [0, 0.05) is 17.6 Å². The summed E-state index contributed by atoms with van der Waals surface area (Å²) in [5.41, 5.74) is 2.34. The van der Waals surface area contributed by atoms with E-state index in [0.29, 0.717) is 41.1 Å². The van der Waals surface area contributed by atoms with Gasteiger partial charge in [0.25, 0.3) is 5.91 Å². The number of benzene rings is 1. The monoisotopic (exact) mass is 398 g/mol. The summed E-state index contributed by atoms with van der Waals surface area (Å²) < 4.78 is 10.5. The van der Waals surface area contributed by atoms with E-state index in [0.717, 1.165) is 11.3 Å². The lowest BCUT2D eigenvalue weighted by atomic mass is 10.1. The predicted molar refractivity (Wildman–Crippen MR) is 110 cm³/mol. The molecule has 0 fully saturated rings. The average Bonchev–Trinajstić information content (AvgIpc) is 3.16. The molecule has 0 atom stereocenters. The van der Waals surface area contributed by atoms with Crippen LogP contribution in [0.25, 0.3) is 0 Å². The largest absolute Gasteiger partial charge is 0.493 e. The first-order valence-electron chi connectivity index (χ1n) is 8.74. The highest BCUT2D eigenvalue weighted by Gasteiger charge is 2.11. The molecule has 0 spiro atoms. The molecule has 3 rings (SSSR count). The molecule has 0 aliphatic carbocycles. The van der Waals surface area contributed by atoms with Crippen LogP contribution in [0.3, 0.4) is 0 Å². The summed E-state index contributed by atoms with van der Waals surface area (Å²) in [6.45, 7) is 2.42. The molecule has 1 amide bonds. The number of anilines is 2. The van der Waals surface area contributed by atoms with Crippen LogP contribution in [0.4, 0.5) is 10.9 Å². The molecular formula is C20H22N4O3S. The minimum absolute atomic E-state index is 0.207. The number of aromatic nitrogens is 2. The minimum Gasteiger partial charge on any atom is -0.493 e. The fourth-order valence-electron chi connectivity index (χ4n) is 2.60. The number of carbonyl (C=O) groups excluding carboxylic acids is 1. The van der Waals surface area contributed by atoms with Gasteiger partial charge in [0.15, 0.2) is 16.6 Å². The Bertz CT molecular complexity index is 958. The van der Waals surface area contributed by atoms with Gasteiger partial charge in [0.05, 0.1) is 14.2 Å². The van der Waals surface area contributed by atoms with Crippen LogP contribution in [-0.4, -0.2) is 36.6 Å². The van der Waals surface area contributed by atoms with Crippen LogP contribution in [0.5, 0.6) is 11.5 Å². The molecule has 2 aromatic heterocycles. The number of nitrogens with one attached hydrogen (secondary N) is 2. The Morgan fingerprint density at radius 2 is 1.93 bits per heavy atom. The van der Waals surface area contributed by atoms with E-state index in [-0.39, 0.29) is 5.91 Å². The van der Waals surface area contributed by atoms with Gasteiger partial charge in [-0.3, -0.25) is 4.79 Å². The lowest BCUT2D eigenvalue weighted by molar-refractivity contribution is 0.0950. The van der Waals surface area contributed by atoms with Crippen molar-refractivity contribution in [1.29, 1.82) is 0 Å². The van der Waals surface area contributed by atoms with Gasteiger partial charge >= 0.3 is 0 Å². The Morgan fingerprint density at radius 3 is 2.68 bits per heavy atom. The highest BCUT2D eigenvalue weighted by molar-refractivity contribution is 7.14. The van der Waals surface area contributed by atoms with E-state index in [1.54, 1.807) is 19.6 Å². The van der Waals surface area contributed by atoms with Crippen molar-refractivity contribution in [3.05, 3.63) is 58.7 Å². The molecule has 3 aromatic rings. The molecule has 0 saturated heterocycles. The van der Waals surface area contributed by atoms with E-state index in [1.807, 2.05) is 43.3 Å². The van der Waals surface area contributed by atoms with Crippen LogP contribution in [0.1, 0.15) is 21.7 Å². The third-order valence-electron chi connectivity index (χ3n) is 4.01. The molecule has 2 N–H and O–H groups in total. The number of thiazole rings is 1. The van der Waals surface area contributed by atoms with Gasteiger partial charge < -0.3 is 20.1 Å². The maximum absolute atomic E-state index is 12.3. The number of hydrogen-bond donors (Lipinski definition) is 2. The smallest absolute Gasteiger partial charge is 0.270 e. The van der Waals surface area contributed by atoms with Gasteiger partial charge in [-0.1, -0.05) is 12.1 Å². The topological polar surface area (TPSA) is 85.4 Å². The third-order valence-corrected chi connectivity index (χ3v) is 4.77. The molecule has 0 bridgehead atoms. The number of ether oxygens (including phenoxy) is 2. The molecule has 0 aliphatic heterocycles. The maximum Gasteiger partial charge on any atom is 0.270 e. The summed E-state index contributed by atoms with van der Waals surface area (Å²) in [6, 6.07) is 11.4. The van der Waals surface area contributed by atoms with Crippen molar-refractivity contribution in [3.63, 3.8) is 0 Å². The van der Waals surface area contributed by atoms with Crippen molar-refractivity contribution in [2.45, 2.75) is 13.3 Å². The normalized spacial score (nSPS) is 10.4. The molecule has 146 valence electrons. The quantitative estimate of drug-likeness (QED) is 0.603. The number of amides is 1. The Hall–Kier alpha value is -3.13. The fraction of sp³-hybridized carbons (Fsp3) is 0.250. The Balaban J connectivity index is 1.53. The van der Waals surface area contributed by atoms with E-state index in [1.165, 1.54) is 11.3 Å². The Kier molecular flexibility index (Phi) is 6.44. The van der Waals surface area contributed by atoms with Crippen LogP contribution in [0.15, 0.2) is 41.8 Å². The minimum atomic E-state index is -0.207.